The van der Waals surface area contributed by atoms with Crippen molar-refractivity contribution in [3.8, 4) is 0 Å². The lowest BCUT2D eigenvalue weighted by atomic mass is 9.98. The monoisotopic (exact) mass is 237 g/mol. The predicted octanol–water partition coefficient (Wildman–Crippen LogP) is 2.24. The Balaban J connectivity index is 1.43. The first kappa shape index (κ1) is 12.6. The number of aromatic nitrogens is 2. The molecule has 0 bridgehead atoms. The number of rotatable bonds is 7. The minimum Gasteiger partial charge on any atom is -0.378 e. The summed E-state index contributed by atoms with van der Waals surface area (Å²) in [6.45, 7) is 2.76. The number of H-pyrrole nitrogens is 1. The van der Waals surface area contributed by atoms with Crippen molar-refractivity contribution in [3.63, 3.8) is 0 Å². The summed E-state index contributed by atoms with van der Waals surface area (Å²) in [5, 5.41) is 10.2. The lowest BCUT2D eigenvalue weighted by Gasteiger charge is -2.21. The summed E-state index contributed by atoms with van der Waals surface area (Å²) in [7, 11) is 0. The second-order valence-corrected chi connectivity index (χ2v) is 4.74. The van der Waals surface area contributed by atoms with Crippen molar-refractivity contribution in [2.24, 2.45) is 0 Å². The van der Waals surface area contributed by atoms with E-state index in [0.29, 0.717) is 6.10 Å². The zero-order valence-corrected chi connectivity index (χ0v) is 10.5. The molecule has 96 valence electrons. The fraction of sp³-hybridized carbons (Fsp3) is 0.769. The lowest BCUT2D eigenvalue weighted by molar-refractivity contribution is 0.0273. The molecule has 1 aromatic rings. The number of aromatic amines is 1. The number of hydrogen-bond acceptors (Lipinski definition) is 3. The molecule has 2 N–H and O–H groups in total. The summed E-state index contributed by atoms with van der Waals surface area (Å²) in [6, 6.07) is 1.99. The van der Waals surface area contributed by atoms with Crippen molar-refractivity contribution < 1.29 is 4.74 Å². The molecule has 0 atom stereocenters. The van der Waals surface area contributed by atoms with Gasteiger partial charge in [0.15, 0.2) is 0 Å². The maximum Gasteiger partial charge on any atom is 0.0575 e. The summed E-state index contributed by atoms with van der Waals surface area (Å²) < 4.78 is 5.86. The van der Waals surface area contributed by atoms with Crippen molar-refractivity contribution in [2.45, 2.75) is 51.2 Å². The maximum absolute atomic E-state index is 5.86. The SMILES string of the molecule is c1cc(CNCCCOC2CCCCC2)[nH]n1. The van der Waals surface area contributed by atoms with Crippen LogP contribution >= 0.6 is 0 Å². The van der Waals surface area contributed by atoms with Crippen molar-refractivity contribution >= 4 is 0 Å². The molecule has 1 fully saturated rings. The number of hydrogen-bond donors (Lipinski definition) is 2. The van der Waals surface area contributed by atoms with Crippen LogP contribution in [0.2, 0.25) is 0 Å². The van der Waals surface area contributed by atoms with E-state index in [1.54, 1.807) is 6.20 Å². The highest BCUT2D eigenvalue weighted by Gasteiger charge is 2.12. The lowest BCUT2D eigenvalue weighted by Crippen LogP contribution is -2.20. The summed E-state index contributed by atoms with van der Waals surface area (Å²) >= 11 is 0. The molecule has 0 amide bonds. The first-order chi connectivity index (χ1) is 8.45. The molecule has 0 unspecified atom stereocenters. The zero-order valence-electron chi connectivity index (χ0n) is 10.5. The van der Waals surface area contributed by atoms with Crippen LogP contribution in [0.4, 0.5) is 0 Å². The summed E-state index contributed by atoms with van der Waals surface area (Å²) in [4.78, 5) is 0. The molecule has 1 saturated carbocycles. The van der Waals surface area contributed by atoms with Crippen molar-refractivity contribution in [1.82, 2.24) is 15.5 Å². The van der Waals surface area contributed by atoms with Crippen LogP contribution in [0.15, 0.2) is 12.3 Å². The van der Waals surface area contributed by atoms with Crippen LogP contribution in [-0.2, 0) is 11.3 Å². The topological polar surface area (TPSA) is 49.9 Å². The van der Waals surface area contributed by atoms with Gasteiger partial charge in [-0.25, -0.2) is 0 Å². The standard InChI is InChI=1S/C13H23N3O/c1-2-5-13(6-3-1)17-10-4-8-14-11-12-7-9-15-16-12/h7,9,13-14H,1-6,8,10-11H2,(H,15,16). The molecule has 0 aliphatic heterocycles. The average molecular weight is 237 g/mol. The van der Waals surface area contributed by atoms with Crippen LogP contribution in [0.1, 0.15) is 44.2 Å². The Bertz CT molecular complexity index is 281. The Morgan fingerprint density at radius 2 is 2.24 bits per heavy atom. The first-order valence-electron chi connectivity index (χ1n) is 6.76. The molecule has 17 heavy (non-hydrogen) atoms. The van der Waals surface area contributed by atoms with Gasteiger partial charge in [-0.15, -0.1) is 0 Å². The number of ether oxygens (including phenoxy) is 1. The van der Waals surface area contributed by atoms with Gasteiger partial charge in [-0.3, -0.25) is 5.10 Å². The average Bonchev–Trinajstić information content (AvgIpc) is 2.88. The van der Waals surface area contributed by atoms with E-state index < -0.39 is 0 Å². The molecule has 0 radical (unpaired) electrons. The van der Waals surface area contributed by atoms with Crippen LogP contribution < -0.4 is 5.32 Å². The molecule has 1 aromatic heterocycles. The first-order valence-corrected chi connectivity index (χ1v) is 6.76. The number of nitrogens with one attached hydrogen (secondary N) is 2. The molecule has 1 aliphatic rings. The predicted molar refractivity (Wildman–Crippen MR) is 67.7 cm³/mol. The smallest absolute Gasteiger partial charge is 0.0575 e. The van der Waals surface area contributed by atoms with E-state index in [2.05, 4.69) is 15.5 Å². The third-order valence-corrected chi connectivity index (χ3v) is 3.28. The van der Waals surface area contributed by atoms with Crippen LogP contribution in [0, 0.1) is 0 Å². The van der Waals surface area contributed by atoms with Gasteiger partial charge >= 0.3 is 0 Å². The molecule has 0 spiro atoms. The summed E-state index contributed by atoms with van der Waals surface area (Å²) in [5.41, 5.74) is 1.14. The van der Waals surface area contributed by atoms with Crippen molar-refractivity contribution in [3.05, 3.63) is 18.0 Å². The Kier molecular flexibility index (Phi) is 5.52. The molecule has 2 rings (SSSR count). The second kappa shape index (κ2) is 7.45. The van der Waals surface area contributed by atoms with Gasteiger partial charge in [0, 0.05) is 25.0 Å². The van der Waals surface area contributed by atoms with E-state index in [1.165, 1.54) is 32.1 Å². The minimum absolute atomic E-state index is 0.538. The molecule has 1 aliphatic carbocycles. The highest BCUT2D eigenvalue weighted by molar-refractivity contribution is 4.96. The quantitative estimate of drug-likeness (QED) is 0.715. The number of nitrogens with zero attached hydrogens (tertiary/aromatic N) is 1. The van der Waals surface area contributed by atoms with Gasteiger partial charge in [-0.2, -0.15) is 5.10 Å². The highest BCUT2D eigenvalue weighted by Crippen LogP contribution is 2.20. The van der Waals surface area contributed by atoms with Gasteiger partial charge in [0.1, 0.15) is 0 Å². The molecular weight excluding hydrogens is 214 g/mol. The second-order valence-electron chi connectivity index (χ2n) is 4.74. The van der Waals surface area contributed by atoms with Crippen LogP contribution in [-0.4, -0.2) is 29.5 Å². The van der Waals surface area contributed by atoms with Gasteiger partial charge in [0.2, 0.25) is 0 Å². The third-order valence-electron chi connectivity index (χ3n) is 3.28. The molecular formula is C13H23N3O. The molecule has 0 aromatic carbocycles. The van der Waals surface area contributed by atoms with E-state index in [1.807, 2.05) is 6.07 Å². The van der Waals surface area contributed by atoms with E-state index in [0.717, 1.165) is 31.8 Å². The van der Waals surface area contributed by atoms with Crippen LogP contribution in [0.3, 0.4) is 0 Å². The molecule has 0 saturated heterocycles. The van der Waals surface area contributed by atoms with Crippen molar-refractivity contribution in [1.29, 1.82) is 0 Å². The van der Waals surface area contributed by atoms with Gasteiger partial charge in [-0.1, -0.05) is 19.3 Å². The van der Waals surface area contributed by atoms with Crippen molar-refractivity contribution in [2.75, 3.05) is 13.2 Å². The Morgan fingerprint density at radius 1 is 1.35 bits per heavy atom. The van der Waals surface area contributed by atoms with Gasteiger partial charge in [0.05, 0.1) is 6.10 Å². The fourth-order valence-corrected chi connectivity index (χ4v) is 2.29. The van der Waals surface area contributed by atoms with Gasteiger partial charge in [0.25, 0.3) is 0 Å². The maximum atomic E-state index is 5.86. The fourth-order valence-electron chi connectivity index (χ4n) is 2.29. The normalized spacial score (nSPS) is 17.4. The van der Waals surface area contributed by atoms with Crippen LogP contribution in [0.25, 0.3) is 0 Å². The minimum atomic E-state index is 0.538. The van der Waals surface area contributed by atoms with E-state index >= 15 is 0 Å². The molecule has 4 nitrogen and oxygen atoms in total. The zero-order chi connectivity index (χ0) is 11.8. The summed E-state index contributed by atoms with van der Waals surface area (Å²) in [5.74, 6) is 0. The van der Waals surface area contributed by atoms with E-state index in [-0.39, 0.29) is 0 Å². The van der Waals surface area contributed by atoms with Gasteiger partial charge in [-0.05, 0) is 31.9 Å². The van der Waals surface area contributed by atoms with Gasteiger partial charge < -0.3 is 10.1 Å². The largest absolute Gasteiger partial charge is 0.378 e. The summed E-state index contributed by atoms with van der Waals surface area (Å²) in [6.07, 6.45) is 10.0. The van der Waals surface area contributed by atoms with E-state index in [9.17, 15) is 0 Å². The highest BCUT2D eigenvalue weighted by atomic mass is 16.5. The Hall–Kier alpha value is -0.870. The molecule has 4 heteroatoms. The third kappa shape index (κ3) is 4.88. The molecule has 1 heterocycles. The van der Waals surface area contributed by atoms with Crippen LogP contribution in [0.5, 0.6) is 0 Å². The Morgan fingerprint density at radius 3 is 3.00 bits per heavy atom. The van der Waals surface area contributed by atoms with E-state index in [4.69, 9.17) is 4.74 Å². The Labute approximate surface area is 103 Å².